The van der Waals surface area contributed by atoms with Crippen LogP contribution < -0.4 is 10.0 Å². The van der Waals surface area contributed by atoms with E-state index in [1.807, 2.05) is 12.1 Å². The number of sulfonamides is 1. The van der Waals surface area contributed by atoms with E-state index in [9.17, 15) is 21.6 Å². The first-order chi connectivity index (χ1) is 14.7. The number of primary sulfonamides is 1. The number of alkyl halides is 3. The minimum Gasteiger partial charge on any atom is -0.372 e. The van der Waals surface area contributed by atoms with Crippen LogP contribution in [-0.2, 0) is 16.2 Å². The van der Waals surface area contributed by atoms with Gasteiger partial charge in [-0.05, 0) is 53.8 Å². The maximum Gasteiger partial charge on any atom is 0.417 e. The minimum atomic E-state index is -4.95. The van der Waals surface area contributed by atoms with Crippen LogP contribution in [0.3, 0.4) is 0 Å². The van der Waals surface area contributed by atoms with Crippen molar-refractivity contribution in [2.24, 2.45) is 5.14 Å². The lowest BCUT2D eigenvalue weighted by Crippen LogP contribution is -2.29. The Morgan fingerprint density at radius 3 is 2.42 bits per heavy atom. The third-order valence-corrected chi connectivity index (χ3v) is 6.19. The number of hydrogen-bond donors (Lipinski definition) is 2. The number of aromatic amines is 1. The van der Waals surface area contributed by atoms with E-state index in [0.29, 0.717) is 11.6 Å². The van der Waals surface area contributed by atoms with Crippen molar-refractivity contribution in [1.82, 2.24) is 20.6 Å². The van der Waals surface area contributed by atoms with Gasteiger partial charge in [0.2, 0.25) is 15.8 Å². The van der Waals surface area contributed by atoms with E-state index in [1.54, 1.807) is 12.1 Å². The Morgan fingerprint density at radius 2 is 1.81 bits per heavy atom. The summed E-state index contributed by atoms with van der Waals surface area (Å²) >= 11 is 0. The van der Waals surface area contributed by atoms with E-state index in [-0.39, 0.29) is 17.0 Å². The second kappa shape index (κ2) is 7.93. The topological polar surface area (TPSA) is 118 Å². The molecular weight excluding hydrogens is 433 g/mol. The fourth-order valence-electron chi connectivity index (χ4n) is 3.85. The number of tetrazole rings is 1. The molecule has 0 amide bonds. The van der Waals surface area contributed by atoms with Crippen LogP contribution in [0.1, 0.15) is 24.8 Å². The number of anilines is 1. The molecule has 3 N–H and O–H groups in total. The molecule has 0 atom stereocenters. The molecule has 1 fully saturated rings. The molecular formula is C19H19F3N6O2S. The summed E-state index contributed by atoms with van der Waals surface area (Å²) in [6.07, 6.45) is -1.70. The first-order valence-corrected chi connectivity index (χ1v) is 11.1. The monoisotopic (exact) mass is 452 g/mol. The highest BCUT2D eigenvalue weighted by Crippen LogP contribution is 2.43. The van der Waals surface area contributed by atoms with Crippen LogP contribution in [-0.4, -0.2) is 42.1 Å². The number of nitrogens with one attached hydrogen (secondary N) is 1. The number of aromatic nitrogens is 4. The number of nitrogens with two attached hydrogens (primary N) is 1. The van der Waals surface area contributed by atoms with Crippen LogP contribution in [0.25, 0.3) is 22.5 Å². The van der Waals surface area contributed by atoms with Crippen LogP contribution >= 0.6 is 0 Å². The number of halogens is 3. The number of benzene rings is 2. The van der Waals surface area contributed by atoms with Crippen molar-refractivity contribution >= 4 is 15.7 Å². The minimum absolute atomic E-state index is 0.206. The van der Waals surface area contributed by atoms with Gasteiger partial charge in [0.05, 0.1) is 11.1 Å². The van der Waals surface area contributed by atoms with E-state index in [2.05, 4.69) is 25.5 Å². The van der Waals surface area contributed by atoms with Gasteiger partial charge in [0.15, 0.2) is 0 Å². The second-order valence-corrected chi connectivity index (χ2v) is 8.74. The maximum atomic E-state index is 13.7. The Kier molecular flexibility index (Phi) is 5.43. The molecule has 0 spiro atoms. The smallest absolute Gasteiger partial charge is 0.372 e. The van der Waals surface area contributed by atoms with E-state index in [1.165, 1.54) is 6.07 Å². The summed E-state index contributed by atoms with van der Waals surface area (Å²) < 4.78 is 65.5. The van der Waals surface area contributed by atoms with Crippen molar-refractivity contribution in [1.29, 1.82) is 0 Å². The number of hydrogen-bond acceptors (Lipinski definition) is 6. The van der Waals surface area contributed by atoms with Gasteiger partial charge in [-0.3, -0.25) is 0 Å². The standard InChI is InChI=1S/C19H19F3N6O2S/c20-19(21,22)15-8-7-14(16(17(15)31(23,29)30)18-24-26-27-25-18)12-5-4-6-13(11-12)28-9-2-1-3-10-28/h4-8,11H,1-3,9-10H2,(H2,23,29,30)(H,24,25,26,27). The highest BCUT2D eigenvalue weighted by atomic mass is 32.2. The Bertz CT molecular complexity index is 1190. The second-order valence-electron chi connectivity index (χ2n) is 7.24. The summed E-state index contributed by atoms with van der Waals surface area (Å²) in [5.41, 5.74) is -0.111. The molecule has 1 aromatic heterocycles. The summed E-state index contributed by atoms with van der Waals surface area (Å²) in [6, 6.07) is 9.10. The zero-order chi connectivity index (χ0) is 22.2. The summed E-state index contributed by atoms with van der Waals surface area (Å²) in [4.78, 5) is 1.10. The number of rotatable bonds is 4. The van der Waals surface area contributed by atoms with Crippen molar-refractivity contribution < 1.29 is 21.6 Å². The summed E-state index contributed by atoms with van der Waals surface area (Å²) in [6.45, 7) is 1.74. The van der Waals surface area contributed by atoms with Gasteiger partial charge in [0, 0.05) is 18.8 Å². The van der Waals surface area contributed by atoms with Crippen LogP contribution in [0.15, 0.2) is 41.3 Å². The molecule has 4 rings (SSSR count). The molecule has 8 nitrogen and oxygen atoms in total. The molecule has 1 aliphatic rings. The summed E-state index contributed by atoms with van der Waals surface area (Å²) in [7, 11) is -4.79. The molecule has 0 aliphatic carbocycles. The zero-order valence-corrected chi connectivity index (χ0v) is 17.0. The number of H-pyrrole nitrogens is 1. The average Bonchev–Trinajstić information content (AvgIpc) is 3.27. The lowest BCUT2D eigenvalue weighted by atomic mass is 9.95. The van der Waals surface area contributed by atoms with Crippen LogP contribution in [0.2, 0.25) is 0 Å². The summed E-state index contributed by atoms with van der Waals surface area (Å²) in [5, 5.41) is 18.2. The van der Waals surface area contributed by atoms with E-state index in [0.717, 1.165) is 38.0 Å². The fourth-order valence-corrected chi connectivity index (χ4v) is 4.83. The number of nitrogens with zero attached hydrogens (tertiary/aromatic N) is 4. The van der Waals surface area contributed by atoms with Gasteiger partial charge in [0.1, 0.15) is 4.90 Å². The lowest BCUT2D eigenvalue weighted by molar-refractivity contribution is -0.139. The van der Waals surface area contributed by atoms with E-state index >= 15 is 0 Å². The van der Waals surface area contributed by atoms with Gasteiger partial charge >= 0.3 is 6.18 Å². The van der Waals surface area contributed by atoms with E-state index in [4.69, 9.17) is 5.14 Å². The average molecular weight is 452 g/mol. The van der Waals surface area contributed by atoms with Gasteiger partial charge in [0.25, 0.3) is 0 Å². The molecule has 0 unspecified atom stereocenters. The van der Waals surface area contributed by atoms with Crippen molar-refractivity contribution in [3.8, 4) is 22.5 Å². The first-order valence-electron chi connectivity index (χ1n) is 9.52. The molecule has 0 bridgehead atoms. The Labute approximate surface area is 176 Å². The van der Waals surface area contributed by atoms with Gasteiger partial charge < -0.3 is 4.90 Å². The van der Waals surface area contributed by atoms with Crippen molar-refractivity contribution in [2.75, 3.05) is 18.0 Å². The largest absolute Gasteiger partial charge is 0.417 e. The van der Waals surface area contributed by atoms with Gasteiger partial charge in [-0.25, -0.2) is 13.6 Å². The predicted molar refractivity (Wildman–Crippen MR) is 107 cm³/mol. The van der Waals surface area contributed by atoms with Crippen LogP contribution in [0.5, 0.6) is 0 Å². The van der Waals surface area contributed by atoms with Crippen LogP contribution in [0.4, 0.5) is 18.9 Å². The molecule has 31 heavy (non-hydrogen) atoms. The molecule has 0 radical (unpaired) electrons. The van der Waals surface area contributed by atoms with Gasteiger partial charge in [-0.1, -0.05) is 18.2 Å². The van der Waals surface area contributed by atoms with E-state index < -0.39 is 26.7 Å². The third-order valence-electron chi connectivity index (χ3n) is 5.19. The van der Waals surface area contributed by atoms with Gasteiger partial charge in [-0.15, -0.1) is 10.2 Å². The Morgan fingerprint density at radius 1 is 1.06 bits per heavy atom. The highest BCUT2D eigenvalue weighted by Gasteiger charge is 2.39. The molecule has 1 saturated heterocycles. The molecule has 164 valence electrons. The quantitative estimate of drug-likeness (QED) is 0.628. The SMILES string of the molecule is NS(=O)(=O)c1c(C(F)(F)F)ccc(-c2cccc(N3CCCCC3)c2)c1-c1nn[nH]n1. The van der Waals surface area contributed by atoms with Crippen molar-refractivity contribution in [3.05, 3.63) is 42.0 Å². The molecule has 2 aromatic carbocycles. The molecule has 2 heterocycles. The molecule has 1 aliphatic heterocycles. The molecule has 3 aromatic rings. The molecule has 12 heteroatoms. The lowest BCUT2D eigenvalue weighted by Gasteiger charge is -2.29. The van der Waals surface area contributed by atoms with Crippen LogP contribution in [0, 0.1) is 0 Å². The van der Waals surface area contributed by atoms with Crippen molar-refractivity contribution in [3.63, 3.8) is 0 Å². The Balaban J connectivity index is 1.98. The summed E-state index contributed by atoms with van der Waals surface area (Å²) in [5.74, 6) is -0.298. The normalized spacial score (nSPS) is 15.3. The third kappa shape index (κ3) is 4.26. The van der Waals surface area contributed by atoms with Gasteiger partial charge in [-0.2, -0.15) is 18.4 Å². The Hall–Kier alpha value is -2.99. The first kappa shape index (κ1) is 21.2. The molecule has 0 saturated carbocycles. The van der Waals surface area contributed by atoms with Crippen molar-refractivity contribution in [2.45, 2.75) is 30.3 Å². The zero-order valence-electron chi connectivity index (χ0n) is 16.2. The predicted octanol–water partition coefficient (Wildman–Crippen LogP) is 3.19. The fraction of sp³-hybridized carbons (Fsp3) is 0.316. The number of piperidine rings is 1. The maximum absolute atomic E-state index is 13.7. The highest BCUT2D eigenvalue weighted by molar-refractivity contribution is 7.89.